The predicted molar refractivity (Wildman–Crippen MR) is 84.5 cm³/mol. The van der Waals surface area contributed by atoms with Crippen LogP contribution in [-0.4, -0.2) is 15.0 Å². The van der Waals surface area contributed by atoms with Gasteiger partial charge in [-0.2, -0.15) is 0 Å². The highest BCUT2D eigenvalue weighted by atomic mass is 35.5. The molecular formula is C13H12Cl2N4O3. The van der Waals surface area contributed by atoms with Crippen LogP contribution in [0.15, 0.2) is 33.9 Å². The van der Waals surface area contributed by atoms with Gasteiger partial charge in [-0.05, 0) is 18.2 Å². The number of carbonyl (C=O) groups excluding carboxylic acids is 1. The summed E-state index contributed by atoms with van der Waals surface area (Å²) in [5.41, 5.74) is 4.01. The molecule has 0 aliphatic rings. The zero-order chi connectivity index (χ0) is 16.4. The lowest BCUT2D eigenvalue weighted by Gasteiger charge is -2.13. The lowest BCUT2D eigenvalue weighted by atomic mass is 10.2. The monoisotopic (exact) mass is 342 g/mol. The van der Waals surface area contributed by atoms with Gasteiger partial charge in [0.2, 0.25) is 0 Å². The molecule has 22 heavy (non-hydrogen) atoms. The number of nitrogens with zero attached hydrogens (tertiary/aromatic N) is 2. The predicted octanol–water partition coefficient (Wildman–Crippen LogP) is 1.15. The minimum absolute atomic E-state index is 0.139. The van der Waals surface area contributed by atoms with Gasteiger partial charge in [-0.15, -0.1) is 0 Å². The molecule has 0 bridgehead atoms. The number of amides is 1. The van der Waals surface area contributed by atoms with Crippen molar-refractivity contribution in [1.29, 1.82) is 0 Å². The normalized spacial score (nSPS) is 10.4. The zero-order valence-corrected chi connectivity index (χ0v) is 13.2. The Bertz CT molecular complexity index is 857. The first kappa shape index (κ1) is 16.1. The van der Waals surface area contributed by atoms with Gasteiger partial charge in [0.15, 0.2) is 0 Å². The molecule has 9 heteroatoms. The van der Waals surface area contributed by atoms with Crippen molar-refractivity contribution in [2.45, 2.75) is 0 Å². The van der Waals surface area contributed by atoms with Crippen LogP contribution in [0.5, 0.6) is 0 Å². The Kier molecular flexibility index (Phi) is 4.58. The summed E-state index contributed by atoms with van der Waals surface area (Å²) in [6.07, 6.45) is 0. The molecule has 0 aliphatic heterocycles. The molecule has 0 spiro atoms. The zero-order valence-electron chi connectivity index (χ0n) is 11.7. The summed E-state index contributed by atoms with van der Waals surface area (Å²) in [6.45, 7) is 0. The van der Waals surface area contributed by atoms with Gasteiger partial charge in [0.25, 0.3) is 11.5 Å². The Morgan fingerprint density at radius 3 is 2.45 bits per heavy atom. The van der Waals surface area contributed by atoms with Crippen molar-refractivity contribution in [3.05, 3.63) is 60.7 Å². The number of hydrogen-bond donors (Lipinski definition) is 2. The van der Waals surface area contributed by atoms with Crippen LogP contribution < -0.4 is 22.1 Å². The molecule has 2 N–H and O–H groups in total. The molecule has 7 nitrogen and oxygen atoms in total. The average molecular weight is 343 g/mol. The van der Waals surface area contributed by atoms with E-state index in [1.807, 2.05) is 0 Å². The Balaban J connectivity index is 2.24. The van der Waals surface area contributed by atoms with E-state index in [1.165, 1.54) is 36.9 Å². The fourth-order valence-corrected chi connectivity index (χ4v) is 2.09. The molecule has 1 amide bonds. The highest BCUT2D eigenvalue weighted by molar-refractivity contribution is 6.35. The Morgan fingerprint density at radius 1 is 1.09 bits per heavy atom. The van der Waals surface area contributed by atoms with E-state index < -0.39 is 17.2 Å². The molecule has 1 aromatic heterocycles. The van der Waals surface area contributed by atoms with Crippen molar-refractivity contribution in [2.75, 3.05) is 5.43 Å². The number of rotatable bonds is 3. The SMILES string of the molecule is Cn1c(NNC(=O)c2cc(Cl)ccc2Cl)cc(=O)n(C)c1=O. The lowest BCUT2D eigenvalue weighted by molar-refractivity contribution is 0.0962. The van der Waals surface area contributed by atoms with Crippen LogP contribution in [0.4, 0.5) is 5.82 Å². The maximum Gasteiger partial charge on any atom is 0.332 e. The largest absolute Gasteiger partial charge is 0.332 e. The molecular weight excluding hydrogens is 331 g/mol. The van der Waals surface area contributed by atoms with Crippen LogP contribution in [0.1, 0.15) is 10.4 Å². The Morgan fingerprint density at radius 2 is 1.77 bits per heavy atom. The average Bonchev–Trinajstić information content (AvgIpc) is 2.49. The molecule has 2 aromatic rings. The minimum Gasteiger partial charge on any atom is -0.283 e. The fourth-order valence-electron chi connectivity index (χ4n) is 1.71. The van der Waals surface area contributed by atoms with Gasteiger partial charge in [-0.3, -0.25) is 29.6 Å². The fraction of sp³-hybridized carbons (Fsp3) is 0.154. The maximum absolute atomic E-state index is 12.1. The van der Waals surface area contributed by atoms with Gasteiger partial charge in [-0.25, -0.2) is 4.79 Å². The number of hydrogen-bond acceptors (Lipinski definition) is 4. The second kappa shape index (κ2) is 6.25. The second-order valence-corrected chi connectivity index (χ2v) is 5.32. The van der Waals surface area contributed by atoms with Crippen LogP contribution in [0, 0.1) is 0 Å². The Labute approximate surface area is 135 Å². The molecule has 2 rings (SSSR count). The first-order valence-corrected chi connectivity index (χ1v) is 6.85. The third-order valence-corrected chi connectivity index (χ3v) is 3.57. The summed E-state index contributed by atoms with van der Waals surface area (Å²) in [5, 5.41) is 0.581. The molecule has 0 unspecified atom stereocenters. The third-order valence-electron chi connectivity index (χ3n) is 3.00. The molecule has 1 aromatic carbocycles. The van der Waals surface area contributed by atoms with Crippen molar-refractivity contribution < 1.29 is 4.79 Å². The summed E-state index contributed by atoms with van der Waals surface area (Å²) < 4.78 is 2.13. The van der Waals surface area contributed by atoms with E-state index in [9.17, 15) is 14.4 Å². The molecule has 0 aliphatic carbocycles. The van der Waals surface area contributed by atoms with E-state index in [4.69, 9.17) is 23.2 Å². The summed E-state index contributed by atoms with van der Waals surface area (Å²) >= 11 is 11.7. The topological polar surface area (TPSA) is 85.1 Å². The summed E-state index contributed by atoms with van der Waals surface area (Å²) in [4.78, 5) is 35.4. The molecule has 0 fully saturated rings. The van der Waals surface area contributed by atoms with Crippen molar-refractivity contribution in [3.63, 3.8) is 0 Å². The minimum atomic E-state index is -0.555. The first-order chi connectivity index (χ1) is 10.3. The number of anilines is 1. The van der Waals surface area contributed by atoms with Gasteiger partial charge in [0, 0.05) is 25.2 Å². The third kappa shape index (κ3) is 3.15. The number of benzene rings is 1. The van der Waals surface area contributed by atoms with E-state index in [1.54, 1.807) is 6.07 Å². The van der Waals surface area contributed by atoms with E-state index >= 15 is 0 Å². The van der Waals surface area contributed by atoms with E-state index in [0.29, 0.717) is 5.02 Å². The van der Waals surface area contributed by atoms with Crippen molar-refractivity contribution in [3.8, 4) is 0 Å². The van der Waals surface area contributed by atoms with Gasteiger partial charge < -0.3 is 0 Å². The van der Waals surface area contributed by atoms with Crippen LogP contribution in [0.25, 0.3) is 0 Å². The lowest BCUT2D eigenvalue weighted by Crippen LogP contribution is -2.40. The number of nitrogens with one attached hydrogen (secondary N) is 2. The van der Waals surface area contributed by atoms with E-state index in [-0.39, 0.29) is 16.4 Å². The molecule has 0 saturated carbocycles. The van der Waals surface area contributed by atoms with Crippen LogP contribution in [-0.2, 0) is 14.1 Å². The highest BCUT2D eigenvalue weighted by Crippen LogP contribution is 2.20. The maximum atomic E-state index is 12.1. The summed E-state index contributed by atoms with van der Waals surface area (Å²) in [6, 6.07) is 5.64. The van der Waals surface area contributed by atoms with Crippen LogP contribution in [0.2, 0.25) is 10.0 Å². The quantitative estimate of drug-likeness (QED) is 0.819. The van der Waals surface area contributed by atoms with E-state index in [2.05, 4.69) is 10.9 Å². The molecule has 0 radical (unpaired) electrons. The number of aromatic nitrogens is 2. The summed E-state index contributed by atoms with van der Waals surface area (Å²) in [5.74, 6) is -0.416. The molecule has 116 valence electrons. The van der Waals surface area contributed by atoms with Crippen molar-refractivity contribution in [1.82, 2.24) is 14.6 Å². The van der Waals surface area contributed by atoms with Gasteiger partial charge in [0.1, 0.15) is 5.82 Å². The van der Waals surface area contributed by atoms with Gasteiger partial charge >= 0.3 is 5.69 Å². The first-order valence-electron chi connectivity index (χ1n) is 6.09. The molecule has 0 atom stereocenters. The number of carbonyl (C=O) groups is 1. The van der Waals surface area contributed by atoms with Gasteiger partial charge in [-0.1, -0.05) is 23.2 Å². The number of halogens is 2. The molecule has 0 saturated heterocycles. The van der Waals surface area contributed by atoms with E-state index in [0.717, 1.165) is 4.57 Å². The second-order valence-electron chi connectivity index (χ2n) is 4.47. The molecule has 1 heterocycles. The van der Waals surface area contributed by atoms with Gasteiger partial charge in [0.05, 0.1) is 10.6 Å². The van der Waals surface area contributed by atoms with Crippen LogP contribution >= 0.6 is 23.2 Å². The smallest absolute Gasteiger partial charge is 0.283 e. The van der Waals surface area contributed by atoms with Crippen molar-refractivity contribution >= 4 is 34.9 Å². The number of hydrazine groups is 1. The van der Waals surface area contributed by atoms with Crippen molar-refractivity contribution in [2.24, 2.45) is 14.1 Å². The van der Waals surface area contributed by atoms with Crippen LogP contribution in [0.3, 0.4) is 0 Å². The summed E-state index contributed by atoms with van der Waals surface area (Å²) in [7, 11) is 2.82. The Hall–Kier alpha value is -2.25. The standard InChI is InChI=1S/C13H12Cl2N4O3/c1-18-10(6-11(20)19(2)13(18)22)16-17-12(21)8-5-7(14)3-4-9(8)15/h3-6,16H,1-2H3,(H,17,21). The highest BCUT2D eigenvalue weighted by Gasteiger charge is 2.12.